The first-order valence-electron chi connectivity index (χ1n) is 9.98. The molecule has 1 saturated carbocycles. The van der Waals surface area contributed by atoms with Crippen LogP contribution in [0.25, 0.3) is 0 Å². The average molecular weight is 438 g/mol. The number of nitrogens with one attached hydrogen (secondary N) is 1. The van der Waals surface area contributed by atoms with Crippen LogP contribution < -0.4 is 10.1 Å². The number of rotatable bonds is 9. The molecule has 0 radical (unpaired) electrons. The van der Waals surface area contributed by atoms with Crippen molar-refractivity contribution in [2.24, 2.45) is 0 Å². The summed E-state index contributed by atoms with van der Waals surface area (Å²) < 4.78 is 47.4. The molecule has 2 aromatic rings. The summed E-state index contributed by atoms with van der Waals surface area (Å²) in [6.07, 6.45) is 3.99. The van der Waals surface area contributed by atoms with Crippen LogP contribution >= 0.6 is 0 Å². The van der Waals surface area contributed by atoms with Crippen LogP contribution in [0.1, 0.15) is 32.6 Å². The van der Waals surface area contributed by atoms with Gasteiger partial charge in [-0.15, -0.1) is 0 Å². The number of aliphatic hydroxyl groups excluding tert-OH is 1. The van der Waals surface area contributed by atoms with Gasteiger partial charge in [-0.2, -0.15) is 4.31 Å². The van der Waals surface area contributed by atoms with Crippen LogP contribution in [0, 0.1) is 5.82 Å². The smallest absolute Gasteiger partial charge is 0.245 e. The summed E-state index contributed by atoms with van der Waals surface area (Å²) in [4.78, 5) is 3.75. The zero-order chi connectivity index (χ0) is 21.8. The fraction of sp³-hybridized carbons (Fsp3) is 0.476. The van der Waals surface area contributed by atoms with Gasteiger partial charge in [-0.1, -0.05) is 31.0 Å². The highest BCUT2D eigenvalue weighted by molar-refractivity contribution is 7.89. The highest BCUT2D eigenvalue weighted by atomic mass is 32.2. The molecule has 2 N–H and O–H groups in total. The number of benzene rings is 1. The maximum atomic E-state index is 14.6. The van der Waals surface area contributed by atoms with Crippen molar-refractivity contribution in [2.45, 2.75) is 49.1 Å². The zero-order valence-corrected chi connectivity index (χ0v) is 18.0. The molecule has 7 nitrogen and oxygen atoms in total. The second-order valence-corrected chi connectivity index (χ2v) is 9.70. The third-order valence-corrected chi connectivity index (χ3v) is 7.52. The number of aliphatic hydroxyl groups is 1. The zero-order valence-electron chi connectivity index (χ0n) is 17.2. The third kappa shape index (κ3) is 4.74. The fourth-order valence-electron chi connectivity index (χ4n) is 3.70. The van der Waals surface area contributed by atoms with Gasteiger partial charge >= 0.3 is 0 Å². The topological polar surface area (TPSA) is 91.8 Å². The van der Waals surface area contributed by atoms with Crippen LogP contribution in [-0.4, -0.2) is 54.7 Å². The van der Waals surface area contributed by atoms with Crippen molar-refractivity contribution in [3.05, 3.63) is 48.4 Å². The molecular weight excluding hydrogens is 409 g/mol. The second kappa shape index (κ2) is 9.28. The molecule has 1 aliphatic carbocycles. The first-order valence-corrected chi connectivity index (χ1v) is 11.4. The van der Waals surface area contributed by atoms with Crippen molar-refractivity contribution in [1.82, 2.24) is 9.29 Å². The molecule has 1 heterocycles. The van der Waals surface area contributed by atoms with Gasteiger partial charge in [0.2, 0.25) is 10.0 Å². The molecule has 30 heavy (non-hydrogen) atoms. The first kappa shape index (κ1) is 22.5. The van der Waals surface area contributed by atoms with Crippen molar-refractivity contribution >= 4 is 15.8 Å². The van der Waals surface area contributed by atoms with Gasteiger partial charge in [0.15, 0.2) is 11.6 Å². The number of anilines is 1. The van der Waals surface area contributed by atoms with Crippen molar-refractivity contribution in [1.29, 1.82) is 0 Å². The SMILES string of the molecule is CC(COc1ccccc1)Nc1ncc(S(=O)(=O)N(C)C2(CO)CCCC2)cc1F. The quantitative estimate of drug-likeness (QED) is 0.627. The molecule has 0 aliphatic heterocycles. The number of halogens is 1. The lowest BCUT2D eigenvalue weighted by molar-refractivity contribution is 0.111. The summed E-state index contributed by atoms with van der Waals surface area (Å²) in [5, 5.41) is 12.7. The molecule has 0 amide bonds. The van der Waals surface area contributed by atoms with E-state index in [4.69, 9.17) is 4.74 Å². The lowest BCUT2D eigenvalue weighted by atomic mass is 10.00. The molecule has 1 fully saturated rings. The predicted molar refractivity (Wildman–Crippen MR) is 112 cm³/mol. The van der Waals surface area contributed by atoms with Crippen LogP contribution in [0.15, 0.2) is 47.5 Å². The van der Waals surface area contributed by atoms with Gasteiger partial charge in [-0.25, -0.2) is 17.8 Å². The summed E-state index contributed by atoms with van der Waals surface area (Å²) in [7, 11) is -2.55. The molecule has 0 spiro atoms. The summed E-state index contributed by atoms with van der Waals surface area (Å²) in [6, 6.07) is 9.96. The standard InChI is InChI=1S/C21H28FN3O4S/c1-16(14-29-17-8-4-3-5-9-17)24-20-19(22)12-18(13-23-20)30(27,28)25(2)21(15-26)10-6-7-11-21/h3-5,8-9,12-13,16,26H,6-7,10-11,14-15H2,1-2H3,(H,23,24). The van der Waals surface area contributed by atoms with Crippen LogP contribution in [0.2, 0.25) is 0 Å². The number of ether oxygens (including phenoxy) is 1. The number of para-hydroxylation sites is 1. The molecule has 1 aromatic carbocycles. The molecule has 3 rings (SSSR count). The van der Waals surface area contributed by atoms with E-state index < -0.39 is 21.4 Å². The molecule has 164 valence electrons. The molecule has 1 aromatic heterocycles. The van der Waals surface area contributed by atoms with E-state index in [2.05, 4.69) is 10.3 Å². The lowest BCUT2D eigenvalue weighted by Crippen LogP contribution is -2.50. The highest BCUT2D eigenvalue weighted by Gasteiger charge is 2.43. The number of hydrogen-bond donors (Lipinski definition) is 2. The molecule has 0 bridgehead atoms. The van der Waals surface area contributed by atoms with Crippen LogP contribution in [0.3, 0.4) is 0 Å². The number of pyridine rings is 1. The van der Waals surface area contributed by atoms with E-state index in [-0.39, 0.29) is 30.0 Å². The third-order valence-electron chi connectivity index (χ3n) is 5.60. The Kier molecular flexibility index (Phi) is 6.95. The van der Waals surface area contributed by atoms with Crippen LogP contribution in [-0.2, 0) is 10.0 Å². The molecule has 1 atom stereocenters. The van der Waals surface area contributed by atoms with Gasteiger partial charge in [0.1, 0.15) is 17.3 Å². The van der Waals surface area contributed by atoms with E-state index >= 15 is 0 Å². The van der Waals surface area contributed by atoms with E-state index in [0.717, 1.165) is 25.1 Å². The summed E-state index contributed by atoms with van der Waals surface area (Å²) in [5.74, 6) is -0.104. The Bertz CT molecular complexity index is 950. The Morgan fingerprint density at radius 3 is 2.57 bits per heavy atom. The fourth-order valence-corrected chi connectivity index (χ4v) is 5.20. The summed E-state index contributed by atoms with van der Waals surface area (Å²) >= 11 is 0. The average Bonchev–Trinajstić information content (AvgIpc) is 3.24. The van der Waals surface area contributed by atoms with Crippen LogP contribution in [0.4, 0.5) is 10.2 Å². The van der Waals surface area contributed by atoms with Gasteiger partial charge < -0.3 is 15.2 Å². The van der Waals surface area contributed by atoms with Gasteiger partial charge in [0, 0.05) is 13.2 Å². The van der Waals surface area contributed by atoms with E-state index in [9.17, 15) is 17.9 Å². The Hall–Kier alpha value is -2.23. The van der Waals surface area contributed by atoms with E-state index in [1.807, 2.05) is 37.3 Å². The Balaban J connectivity index is 1.69. The second-order valence-electron chi connectivity index (χ2n) is 7.73. The van der Waals surface area contributed by atoms with E-state index in [0.29, 0.717) is 18.6 Å². The molecule has 0 saturated heterocycles. The van der Waals surface area contributed by atoms with Gasteiger partial charge in [-0.05, 0) is 38.0 Å². The largest absolute Gasteiger partial charge is 0.491 e. The number of aromatic nitrogens is 1. The van der Waals surface area contributed by atoms with Crippen molar-refractivity contribution < 1.29 is 22.7 Å². The Morgan fingerprint density at radius 2 is 1.97 bits per heavy atom. The monoisotopic (exact) mass is 437 g/mol. The molecule has 1 aliphatic rings. The summed E-state index contributed by atoms with van der Waals surface area (Å²) in [5.41, 5.74) is -0.838. The van der Waals surface area contributed by atoms with E-state index in [1.54, 1.807) is 0 Å². The van der Waals surface area contributed by atoms with Crippen molar-refractivity contribution in [3.8, 4) is 5.75 Å². The first-order chi connectivity index (χ1) is 14.3. The maximum absolute atomic E-state index is 14.6. The predicted octanol–water partition coefficient (Wildman–Crippen LogP) is 3.03. The van der Waals surface area contributed by atoms with Crippen molar-refractivity contribution in [2.75, 3.05) is 25.6 Å². The minimum Gasteiger partial charge on any atom is -0.491 e. The Labute approximate surface area is 176 Å². The highest BCUT2D eigenvalue weighted by Crippen LogP contribution is 2.37. The number of nitrogens with zero attached hydrogens (tertiary/aromatic N) is 2. The molecular formula is C21H28FN3O4S. The summed E-state index contributed by atoms with van der Waals surface area (Å²) in [6.45, 7) is 1.83. The van der Waals surface area contributed by atoms with Gasteiger partial charge in [0.25, 0.3) is 0 Å². The molecule has 1 unspecified atom stereocenters. The van der Waals surface area contributed by atoms with Crippen LogP contribution in [0.5, 0.6) is 5.75 Å². The Morgan fingerprint density at radius 1 is 1.30 bits per heavy atom. The normalized spacial score (nSPS) is 17.1. The lowest BCUT2D eigenvalue weighted by Gasteiger charge is -2.36. The number of sulfonamides is 1. The number of likely N-dealkylation sites (N-methyl/N-ethyl adjacent to an activating group) is 1. The van der Waals surface area contributed by atoms with Gasteiger partial charge in [0.05, 0.1) is 18.2 Å². The minimum absolute atomic E-state index is 0.0431. The number of hydrogen-bond acceptors (Lipinski definition) is 6. The maximum Gasteiger partial charge on any atom is 0.245 e. The minimum atomic E-state index is -3.99. The van der Waals surface area contributed by atoms with Gasteiger partial charge in [-0.3, -0.25) is 0 Å². The molecule has 9 heteroatoms. The van der Waals surface area contributed by atoms with Crippen molar-refractivity contribution in [3.63, 3.8) is 0 Å². The van der Waals surface area contributed by atoms with E-state index in [1.165, 1.54) is 11.4 Å².